The molecule has 18 heavy (non-hydrogen) atoms. The number of nitrogens with zero attached hydrogens (tertiary/aromatic N) is 1. The number of amides is 2. The third kappa shape index (κ3) is 1.93. The number of hydrogen-bond acceptors (Lipinski definition) is 4. The molecule has 2 heterocycles. The zero-order valence-corrected chi connectivity index (χ0v) is 11.6. The van der Waals surface area contributed by atoms with Crippen molar-refractivity contribution in [3.63, 3.8) is 0 Å². The Labute approximate surface area is 112 Å². The van der Waals surface area contributed by atoms with Crippen LogP contribution in [0.25, 0.3) is 0 Å². The molecule has 3 aliphatic rings. The second-order valence-corrected chi connectivity index (χ2v) is 8.03. The molecule has 3 rings (SSSR count). The van der Waals surface area contributed by atoms with Crippen molar-refractivity contribution in [3.05, 3.63) is 0 Å². The minimum absolute atomic E-state index is 0.108. The second-order valence-electron chi connectivity index (χ2n) is 5.36. The van der Waals surface area contributed by atoms with Gasteiger partial charge in [0.05, 0.1) is 16.5 Å². The molecule has 5 nitrogen and oxygen atoms in total. The first-order valence-corrected chi connectivity index (χ1v) is 8.54. The van der Waals surface area contributed by atoms with Crippen molar-refractivity contribution in [1.82, 2.24) is 10.2 Å². The lowest BCUT2D eigenvalue weighted by atomic mass is 9.98. The van der Waals surface area contributed by atoms with Crippen molar-refractivity contribution in [1.29, 1.82) is 0 Å². The summed E-state index contributed by atoms with van der Waals surface area (Å²) < 4.78 is 23.1. The summed E-state index contributed by atoms with van der Waals surface area (Å²) in [6, 6.07) is -0.251. The molecular weight excluding hydrogens is 272 g/mol. The minimum Gasteiger partial charge on any atom is -0.317 e. The van der Waals surface area contributed by atoms with E-state index in [-0.39, 0.29) is 35.5 Å². The molecule has 3 fully saturated rings. The van der Waals surface area contributed by atoms with Crippen molar-refractivity contribution in [2.75, 3.05) is 11.5 Å². The van der Waals surface area contributed by atoms with Crippen LogP contribution in [-0.2, 0) is 9.84 Å². The Morgan fingerprint density at radius 1 is 1.28 bits per heavy atom. The van der Waals surface area contributed by atoms with Crippen molar-refractivity contribution < 1.29 is 13.2 Å². The van der Waals surface area contributed by atoms with Gasteiger partial charge in [0.15, 0.2) is 9.84 Å². The Balaban J connectivity index is 1.86. The summed E-state index contributed by atoms with van der Waals surface area (Å²) in [5.41, 5.74) is 0. The smallest absolute Gasteiger partial charge is 0.317 e. The average molecular weight is 288 g/mol. The van der Waals surface area contributed by atoms with E-state index in [1.807, 2.05) is 0 Å². The molecule has 7 heteroatoms. The van der Waals surface area contributed by atoms with Crippen LogP contribution in [0.5, 0.6) is 0 Å². The van der Waals surface area contributed by atoms with E-state index in [4.69, 9.17) is 12.2 Å². The lowest BCUT2D eigenvalue weighted by molar-refractivity contribution is 0.138. The van der Waals surface area contributed by atoms with E-state index in [1.54, 1.807) is 4.90 Å². The monoisotopic (exact) mass is 288 g/mol. The highest BCUT2D eigenvalue weighted by molar-refractivity contribution is 7.91. The Morgan fingerprint density at radius 2 is 2.06 bits per heavy atom. The molecule has 3 atom stereocenters. The van der Waals surface area contributed by atoms with Crippen molar-refractivity contribution in [2.45, 2.75) is 37.8 Å². The van der Waals surface area contributed by atoms with Crippen molar-refractivity contribution in [3.8, 4) is 0 Å². The predicted molar refractivity (Wildman–Crippen MR) is 71.2 cm³/mol. The third-order valence-electron chi connectivity index (χ3n) is 4.24. The van der Waals surface area contributed by atoms with Gasteiger partial charge in [-0.05, 0) is 19.3 Å². The summed E-state index contributed by atoms with van der Waals surface area (Å²) in [5, 5.41) is 2.73. The molecule has 0 spiro atoms. The SMILES string of the molecule is O=C1NC(=S)C2CCCC2N1C1CCS(=O)(=O)C1. The van der Waals surface area contributed by atoms with Crippen LogP contribution in [0.4, 0.5) is 4.79 Å². The fourth-order valence-corrected chi connectivity index (χ4v) is 5.50. The van der Waals surface area contributed by atoms with Crippen LogP contribution in [0.3, 0.4) is 0 Å². The lowest BCUT2D eigenvalue weighted by Crippen LogP contribution is -2.61. The maximum Gasteiger partial charge on any atom is 0.322 e. The topological polar surface area (TPSA) is 66.5 Å². The first kappa shape index (κ1) is 12.3. The zero-order chi connectivity index (χ0) is 12.9. The summed E-state index contributed by atoms with van der Waals surface area (Å²) in [6.07, 6.45) is 3.56. The molecule has 0 aromatic rings. The molecule has 0 radical (unpaired) electrons. The number of nitrogens with one attached hydrogen (secondary N) is 1. The first-order valence-electron chi connectivity index (χ1n) is 6.31. The van der Waals surface area contributed by atoms with E-state index in [0.29, 0.717) is 11.4 Å². The molecule has 2 amide bonds. The van der Waals surface area contributed by atoms with Gasteiger partial charge in [0.25, 0.3) is 0 Å². The van der Waals surface area contributed by atoms with Gasteiger partial charge in [0.2, 0.25) is 0 Å². The van der Waals surface area contributed by atoms with E-state index in [9.17, 15) is 13.2 Å². The number of urea groups is 1. The number of fused-ring (bicyclic) bond motifs is 1. The van der Waals surface area contributed by atoms with E-state index in [0.717, 1.165) is 19.3 Å². The van der Waals surface area contributed by atoms with Crippen LogP contribution in [0, 0.1) is 5.92 Å². The van der Waals surface area contributed by atoms with Crippen LogP contribution in [0.2, 0.25) is 0 Å². The average Bonchev–Trinajstić information content (AvgIpc) is 2.85. The largest absolute Gasteiger partial charge is 0.322 e. The molecule has 1 aliphatic carbocycles. The fourth-order valence-electron chi connectivity index (χ4n) is 3.42. The van der Waals surface area contributed by atoms with E-state index in [2.05, 4.69) is 5.32 Å². The quantitative estimate of drug-likeness (QED) is 0.721. The van der Waals surface area contributed by atoms with Gasteiger partial charge >= 0.3 is 6.03 Å². The maximum atomic E-state index is 12.1. The molecule has 2 aliphatic heterocycles. The van der Waals surface area contributed by atoms with E-state index < -0.39 is 9.84 Å². The van der Waals surface area contributed by atoms with Gasteiger partial charge in [-0.3, -0.25) is 0 Å². The molecule has 2 saturated heterocycles. The lowest BCUT2D eigenvalue weighted by Gasteiger charge is -2.41. The maximum absolute atomic E-state index is 12.1. The van der Waals surface area contributed by atoms with Gasteiger partial charge in [0.1, 0.15) is 0 Å². The highest BCUT2D eigenvalue weighted by atomic mass is 32.2. The Hall–Kier alpha value is -0.690. The molecule has 0 aromatic carbocycles. The van der Waals surface area contributed by atoms with Gasteiger partial charge in [-0.15, -0.1) is 0 Å². The molecule has 0 aromatic heterocycles. The molecule has 1 saturated carbocycles. The number of sulfone groups is 1. The number of hydrogen-bond donors (Lipinski definition) is 1. The minimum atomic E-state index is -2.96. The molecule has 1 N–H and O–H groups in total. The standard InChI is InChI=1S/C11H16N2O3S2/c14-11-12-10(17)8-2-1-3-9(8)13(11)7-4-5-18(15,16)6-7/h7-9H,1-6H2,(H,12,14,17). The Morgan fingerprint density at radius 3 is 2.72 bits per heavy atom. The highest BCUT2D eigenvalue weighted by Crippen LogP contribution is 2.36. The first-order chi connectivity index (χ1) is 8.48. The molecule has 0 bridgehead atoms. The van der Waals surface area contributed by atoms with E-state index >= 15 is 0 Å². The number of carbonyl (C=O) groups excluding carboxylic acids is 1. The Kier molecular flexibility index (Phi) is 2.85. The second kappa shape index (κ2) is 4.16. The molecular formula is C11H16N2O3S2. The van der Waals surface area contributed by atoms with Gasteiger partial charge in [-0.25, -0.2) is 13.2 Å². The van der Waals surface area contributed by atoms with Gasteiger partial charge in [0, 0.05) is 18.0 Å². The zero-order valence-electron chi connectivity index (χ0n) is 9.96. The van der Waals surface area contributed by atoms with Gasteiger partial charge in [-0.2, -0.15) is 0 Å². The van der Waals surface area contributed by atoms with Gasteiger partial charge < -0.3 is 10.2 Å². The third-order valence-corrected chi connectivity index (χ3v) is 6.40. The summed E-state index contributed by atoms with van der Waals surface area (Å²) in [7, 11) is -2.96. The van der Waals surface area contributed by atoms with Crippen LogP contribution < -0.4 is 5.32 Å². The highest BCUT2D eigenvalue weighted by Gasteiger charge is 2.47. The number of rotatable bonds is 1. The summed E-state index contributed by atoms with van der Waals surface area (Å²) >= 11 is 5.22. The van der Waals surface area contributed by atoms with Gasteiger partial charge in [-0.1, -0.05) is 18.6 Å². The van der Waals surface area contributed by atoms with Crippen molar-refractivity contribution >= 4 is 33.1 Å². The normalized spacial score (nSPS) is 38.7. The van der Waals surface area contributed by atoms with Crippen LogP contribution in [0.15, 0.2) is 0 Å². The fraction of sp³-hybridized carbons (Fsp3) is 0.818. The summed E-state index contributed by atoms with van der Waals surface area (Å²) in [5.74, 6) is 0.528. The Bertz CT molecular complexity index is 502. The predicted octanol–water partition coefficient (Wildman–Crippen LogP) is 0.695. The van der Waals surface area contributed by atoms with E-state index in [1.165, 1.54) is 0 Å². The van der Waals surface area contributed by atoms with Crippen molar-refractivity contribution in [2.24, 2.45) is 5.92 Å². The van der Waals surface area contributed by atoms with Crippen LogP contribution >= 0.6 is 12.2 Å². The molecule has 100 valence electrons. The number of thiocarbonyl (C=S) groups is 1. The van der Waals surface area contributed by atoms with Crippen LogP contribution in [-0.4, -0.2) is 47.9 Å². The number of carbonyl (C=O) groups is 1. The summed E-state index contributed by atoms with van der Waals surface area (Å²) in [4.78, 5) is 14.5. The summed E-state index contributed by atoms with van der Waals surface area (Å²) in [6.45, 7) is 0. The van der Waals surface area contributed by atoms with Crippen LogP contribution in [0.1, 0.15) is 25.7 Å². The molecule has 3 unspecified atom stereocenters.